The van der Waals surface area contributed by atoms with Gasteiger partial charge in [0.05, 0.1) is 18.3 Å². The third-order valence-corrected chi connectivity index (χ3v) is 6.85. The summed E-state index contributed by atoms with van der Waals surface area (Å²) in [6.45, 7) is 0. The highest BCUT2D eigenvalue weighted by Crippen LogP contribution is 2.39. The van der Waals surface area contributed by atoms with E-state index in [-0.39, 0.29) is 0 Å². The fourth-order valence-electron chi connectivity index (χ4n) is 3.12. The summed E-state index contributed by atoms with van der Waals surface area (Å²) in [4.78, 5) is 0. The van der Waals surface area contributed by atoms with Gasteiger partial charge >= 0.3 is 0 Å². The highest BCUT2D eigenvalue weighted by molar-refractivity contribution is 6.80. The smallest absolute Gasteiger partial charge is 0.240 e. The Bertz CT molecular complexity index is 523. The first-order valence-electron chi connectivity index (χ1n) is 7.31. The minimum absolute atomic E-state index is 0.385. The number of epoxide rings is 1. The van der Waals surface area contributed by atoms with Crippen LogP contribution in [0.5, 0.6) is 0 Å². The molecule has 4 rings (SSSR count). The molecule has 0 aromatic heterocycles. The van der Waals surface area contributed by atoms with Gasteiger partial charge in [0.1, 0.15) is 0 Å². The average molecular weight is 282 g/mol. The third-order valence-electron chi connectivity index (χ3n) is 4.21. The number of hydrogen-bond donors (Lipinski definition) is 0. The molecule has 2 fully saturated rings. The van der Waals surface area contributed by atoms with Crippen LogP contribution < -0.4 is 10.4 Å². The number of benzene rings is 2. The molecule has 1 aliphatic carbocycles. The molecule has 0 bridgehead atoms. The van der Waals surface area contributed by atoms with E-state index in [0.717, 1.165) is 12.8 Å². The third kappa shape index (κ3) is 2.44. The number of fused-ring (bicyclic) bond motifs is 1. The van der Waals surface area contributed by atoms with Gasteiger partial charge in [-0.1, -0.05) is 60.7 Å². The van der Waals surface area contributed by atoms with E-state index in [9.17, 15) is 0 Å². The van der Waals surface area contributed by atoms with Gasteiger partial charge in [-0.05, 0) is 10.4 Å². The molecule has 102 valence electrons. The second-order valence-corrected chi connectivity index (χ2v) is 8.01. The van der Waals surface area contributed by atoms with Crippen LogP contribution in [0.25, 0.3) is 0 Å². The van der Waals surface area contributed by atoms with E-state index in [1.54, 1.807) is 0 Å². The maximum Gasteiger partial charge on any atom is 0.240 e. The molecule has 2 aliphatic rings. The Labute approximate surface area is 121 Å². The van der Waals surface area contributed by atoms with Crippen LogP contribution in [-0.4, -0.2) is 27.4 Å². The average Bonchev–Trinajstić information content (AvgIpc) is 3.13. The van der Waals surface area contributed by atoms with Gasteiger partial charge in [-0.15, -0.1) is 0 Å². The second kappa shape index (κ2) is 5.17. The molecule has 1 saturated heterocycles. The van der Waals surface area contributed by atoms with Crippen LogP contribution in [0.3, 0.4) is 0 Å². The Hall–Kier alpha value is -1.42. The first-order chi connectivity index (χ1) is 9.90. The first kappa shape index (κ1) is 12.3. The number of ether oxygens (including phenoxy) is 1. The lowest BCUT2D eigenvalue weighted by molar-refractivity contribution is 0.155. The van der Waals surface area contributed by atoms with Crippen molar-refractivity contribution in [1.29, 1.82) is 0 Å². The predicted molar refractivity (Wildman–Crippen MR) is 82.1 cm³/mol. The topological polar surface area (TPSA) is 21.8 Å². The van der Waals surface area contributed by atoms with Gasteiger partial charge in [-0.3, -0.25) is 0 Å². The molecular formula is C17H18O2Si. The molecular weight excluding hydrogens is 264 g/mol. The van der Waals surface area contributed by atoms with E-state index >= 15 is 0 Å². The summed E-state index contributed by atoms with van der Waals surface area (Å²) in [5.74, 6) is 0. The van der Waals surface area contributed by atoms with Gasteiger partial charge in [-0.2, -0.15) is 0 Å². The highest BCUT2D eigenvalue weighted by Gasteiger charge is 2.48. The first-order valence-corrected chi connectivity index (χ1v) is 8.93. The summed E-state index contributed by atoms with van der Waals surface area (Å²) in [7, 11) is -1.57. The fraction of sp³-hybridized carbons (Fsp3) is 0.294. The van der Waals surface area contributed by atoms with Gasteiger partial charge in [0.15, 0.2) is 0 Å². The van der Waals surface area contributed by atoms with Crippen LogP contribution in [0.15, 0.2) is 60.7 Å². The van der Waals surface area contributed by atoms with Gasteiger partial charge in [0.2, 0.25) is 9.04 Å². The van der Waals surface area contributed by atoms with Crippen molar-refractivity contribution < 1.29 is 9.16 Å². The molecule has 3 atom stereocenters. The Kier molecular flexibility index (Phi) is 3.18. The summed E-state index contributed by atoms with van der Waals surface area (Å²) in [6.07, 6.45) is 3.51. The number of rotatable bonds is 4. The van der Waals surface area contributed by atoms with Crippen molar-refractivity contribution in [2.45, 2.75) is 31.2 Å². The van der Waals surface area contributed by atoms with E-state index in [2.05, 4.69) is 60.7 Å². The minimum atomic E-state index is -1.57. The maximum absolute atomic E-state index is 6.54. The Balaban J connectivity index is 1.59. The van der Waals surface area contributed by atoms with E-state index in [0.29, 0.717) is 18.3 Å². The molecule has 1 unspecified atom stereocenters. The van der Waals surface area contributed by atoms with Crippen molar-refractivity contribution >= 4 is 19.4 Å². The largest absolute Gasteiger partial charge is 0.408 e. The van der Waals surface area contributed by atoms with Crippen LogP contribution in [0.2, 0.25) is 0 Å². The highest BCUT2D eigenvalue weighted by atomic mass is 28.3. The molecule has 1 saturated carbocycles. The normalized spacial score (nSPS) is 27.6. The standard InChI is InChI=1S/C17H18O2Si/c1-3-7-14(8-4-1)20(15-9-5-2-6-10-15)19-13-11-16-17(12-13)18-16/h1-10,13,16-17,20H,11-12H2/t13?,16-,17+. The lowest BCUT2D eigenvalue weighted by atomic mass is 10.3. The van der Waals surface area contributed by atoms with Crippen molar-refractivity contribution in [3.05, 3.63) is 60.7 Å². The van der Waals surface area contributed by atoms with Crippen molar-refractivity contribution in [2.24, 2.45) is 0 Å². The van der Waals surface area contributed by atoms with E-state index in [1.165, 1.54) is 10.4 Å². The van der Waals surface area contributed by atoms with Crippen LogP contribution in [0, 0.1) is 0 Å². The maximum atomic E-state index is 6.54. The van der Waals surface area contributed by atoms with E-state index < -0.39 is 9.04 Å². The fourth-order valence-corrected chi connectivity index (χ4v) is 5.57. The quantitative estimate of drug-likeness (QED) is 0.626. The predicted octanol–water partition coefficient (Wildman–Crippen LogP) is 1.47. The zero-order valence-corrected chi connectivity index (χ0v) is 12.5. The zero-order chi connectivity index (χ0) is 13.4. The van der Waals surface area contributed by atoms with Crippen LogP contribution in [0.4, 0.5) is 0 Å². The molecule has 0 amide bonds. The summed E-state index contributed by atoms with van der Waals surface area (Å²) < 4.78 is 12.1. The van der Waals surface area contributed by atoms with Crippen LogP contribution >= 0.6 is 0 Å². The number of hydrogen-bond acceptors (Lipinski definition) is 2. The van der Waals surface area contributed by atoms with E-state index in [4.69, 9.17) is 9.16 Å². The molecule has 20 heavy (non-hydrogen) atoms. The van der Waals surface area contributed by atoms with Crippen molar-refractivity contribution in [3.63, 3.8) is 0 Å². The molecule has 2 aromatic rings. The summed E-state index contributed by atoms with van der Waals surface area (Å²) in [6, 6.07) is 21.4. The van der Waals surface area contributed by atoms with Crippen LogP contribution in [-0.2, 0) is 9.16 Å². The summed E-state index contributed by atoms with van der Waals surface area (Å²) in [5.41, 5.74) is 0. The van der Waals surface area contributed by atoms with Gasteiger partial charge in [0.25, 0.3) is 0 Å². The molecule has 1 heterocycles. The van der Waals surface area contributed by atoms with Crippen molar-refractivity contribution in [3.8, 4) is 0 Å². The molecule has 0 N–H and O–H groups in total. The Morgan fingerprint density at radius 1 is 0.800 bits per heavy atom. The summed E-state index contributed by atoms with van der Waals surface area (Å²) >= 11 is 0. The van der Waals surface area contributed by atoms with Crippen LogP contribution in [0.1, 0.15) is 12.8 Å². The Morgan fingerprint density at radius 2 is 1.30 bits per heavy atom. The Morgan fingerprint density at radius 3 is 1.80 bits per heavy atom. The molecule has 2 nitrogen and oxygen atoms in total. The van der Waals surface area contributed by atoms with Crippen molar-refractivity contribution in [2.75, 3.05) is 0 Å². The summed E-state index contributed by atoms with van der Waals surface area (Å²) in [5, 5.41) is 2.72. The lowest BCUT2D eigenvalue weighted by Crippen LogP contribution is -2.47. The molecule has 2 aromatic carbocycles. The molecule has 0 spiro atoms. The van der Waals surface area contributed by atoms with Gasteiger partial charge in [0, 0.05) is 12.8 Å². The minimum Gasteiger partial charge on any atom is -0.408 e. The van der Waals surface area contributed by atoms with Gasteiger partial charge in [-0.25, -0.2) is 0 Å². The van der Waals surface area contributed by atoms with E-state index in [1.807, 2.05) is 0 Å². The zero-order valence-electron chi connectivity index (χ0n) is 11.3. The van der Waals surface area contributed by atoms with Crippen molar-refractivity contribution in [1.82, 2.24) is 0 Å². The monoisotopic (exact) mass is 282 g/mol. The lowest BCUT2D eigenvalue weighted by Gasteiger charge is -2.22. The van der Waals surface area contributed by atoms with Gasteiger partial charge < -0.3 is 9.16 Å². The second-order valence-electron chi connectivity index (χ2n) is 5.64. The molecule has 3 heteroatoms. The molecule has 0 radical (unpaired) electrons. The SMILES string of the molecule is c1ccc([SiH](OC2C[C@@H]3O[C@@H]3C2)c2ccccc2)cc1. The molecule has 1 aliphatic heterocycles.